The maximum atomic E-state index is 12.1. The Morgan fingerprint density at radius 1 is 0.962 bits per heavy atom. The highest BCUT2D eigenvalue weighted by Gasteiger charge is 2.13. The molecule has 0 saturated carbocycles. The van der Waals surface area contributed by atoms with Crippen molar-refractivity contribution in [3.05, 3.63) is 70.4 Å². The van der Waals surface area contributed by atoms with E-state index >= 15 is 0 Å². The van der Waals surface area contributed by atoms with Gasteiger partial charge in [-0.15, -0.1) is 0 Å². The third kappa shape index (κ3) is 3.89. The van der Waals surface area contributed by atoms with Gasteiger partial charge in [-0.05, 0) is 57.6 Å². The predicted molar refractivity (Wildman–Crippen MR) is 102 cm³/mol. The zero-order chi connectivity index (χ0) is 17.8. The third-order valence-electron chi connectivity index (χ3n) is 4.38. The van der Waals surface area contributed by atoms with Crippen molar-refractivity contribution in [1.29, 1.82) is 0 Å². The van der Waals surface area contributed by atoms with E-state index in [9.17, 15) is 4.79 Å². The van der Waals surface area contributed by atoms with Crippen molar-refractivity contribution in [2.45, 2.75) is 19.4 Å². The van der Waals surface area contributed by atoms with E-state index in [0.717, 1.165) is 22.6 Å². The number of carbonyl (C=O) groups excluding carboxylic acids is 1. The molecule has 26 heavy (non-hydrogen) atoms. The first kappa shape index (κ1) is 16.7. The quantitative estimate of drug-likeness (QED) is 0.705. The summed E-state index contributed by atoms with van der Waals surface area (Å²) in [5, 5.41) is 7.19. The van der Waals surface area contributed by atoms with Crippen LogP contribution in [-0.2, 0) is 17.8 Å². The van der Waals surface area contributed by atoms with Crippen LogP contribution >= 0.6 is 11.3 Å². The van der Waals surface area contributed by atoms with Crippen LogP contribution in [0.3, 0.4) is 0 Å². The fourth-order valence-corrected chi connectivity index (χ4v) is 3.55. The summed E-state index contributed by atoms with van der Waals surface area (Å²) in [6.45, 7) is 0.814. The van der Waals surface area contributed by atoms with Gasteiger partial charge in [0.05, 0.1) is 0 Å². The number of hydrogen-bond donors (Lipinski definition) is 1. The summed E-state index contributed by atoms with van der Waals surface area (Å²) in [7, 11) is 0. The molecular weight excluding hydrogens is 346 g/mol. The van der Waals surface area contributed by atoms with Gasteiger partial charge in [0.25, 0.3) is 0 Å². The molecule has 0 aliphatic carbocycles. The molecule has 2 aromatic carbocycles. The Labute approximate surface area is 156 Å². The summed E-state index contributed by atoms with van der Waals surface area (Å²) in [5.74, 6) is 1.57. The van der Waals surface area contributed by atoms with Crippen LogP contribution in [0, 0.1) is 0 Å². The zero-order valence-corrected chi connectivity index (χ0v) is 15.1. The molecule has 132 valence electrons. The Bertz CT molecular complexity index is 888. The highest BCUT2D eigenvalue weighted by Crippen LogP contribution is 2.32. The van der Waals surface area contributed by atoms with Crippen LogP contribution in [-0.4, -0.2) is 12.7 Å². The van der Waals surface area contributed by atoms with Gasteiger partial charge >= 0.3 is 0 Å². The molecule has 3 aromatic rings. The zero-order valence-electron chi connectivity index (χ0n) is 14.2. The molecule has 4 rings (SSSR count). The molecule has 0 fully saturated rings. The predicted octanol–water partition coefficient (Wildman–Crippen LogP) is 4.39. The van der Waals surface area contributed by atoms with E-state index in [1.807, 2.05) is 18.2 Å². The highest BCUT2D eigenvalue weighted by atomic mass is 32.1. The smallest absolute Gasteiger partial charge is 0.231 e. The van der Waals surface area contributed by atoms with Crippen molar-refractivity contribution in [3.8, 4) is 22.6 Å². The van der Waals surface area contributed by atoms with E-state index in [-0.39, 0.29) is 12.7 Å². The fraction of sp³-hybridized carbons (Fsp3) is 0.190. The van der Waals surface area contributed by atoms with Crippen molar-refractivity contribution in [1.82, 2.24) is 5.32 Å². The van der Waals surface area contributed by atoms with Crippen molar-refractivity contribution in [2.24, 2.45) is 0 Å². The van der Waals surface area contributed by atoms with E-state index in [1.165, 1.54) is 11.1 Å². The van der Waals surface area contributed by atoms with Gasteiger partial charge in [0.2, 0.25) is 12.7 Å². The molecule has 0 radical (unpaired) electrons. The fourth-order valence-electron chi connectivity index (χ4n) is 2.89. The number of benzene rings is 2. The van der Waals surface area contributed by atoms with Crippen LogP contribution in [0.1, 0.15) is 17.5 Å². The lowest BCUT2D eigenvalue weighted by Crippen LogP contribution is -2.22. The second-order valence-corrected chi connectivity index (χ2v) is 6.95. The van der Waals surface area contributed by atoms with Crippen LogP contribution in [0.5, 0.6) is 11.5 Å². The molecule has 0 spiro atoms. The first-order chi connectivity index (χ1) is 12.8. The monoisotopic (exact) mass is 365 g/mol. The number of rotatable bonds is 6. The van der Waals surface area contributed by atoms with Crippen LogP contribution in [0.15, 0.2) is 59.3 Å². The summed E-state index contributed by atoms with van der Waals surface area (Å²) < 4.78 is 10.7. The molecule has 1 aliphatic heterocycles. The maximum absolute atomic E-state index is 12.1. The summed E-state index contributed by atoms with van der Waals surface area (Å²) in [6, 6.07) is 16.2. The third-order valence-corrected chi connectivity index (χ3v) is 5.06. The van der Waals surface area contributed by atoms with Gasteiger partial charge in [-0.3, -0.25) is 4.79 Å². The average Bonchev–Trinajstić information content (AvgIpc) is 3.36. The lowest BCUT2D eigenvalue weighted by atomic mass is 10.1. The lowest BCUT2D eigenvalue weighted by molar-refractivity contribution is -0.121. The Hall–Kier alpha value is -2.79. The lowest BCUT2D eigenvalue weighted by Gasteiger charge is -2.07. The molecule has 1 amide bonds. The molecule has 1 aliphatic rings. The van der Waals surface area contributed by atoms with E-state index in [1.54, 1.807) is 11.3 Å². The van der Waals surface area contributed by atoms with Crippen LogP contribution in [0.2, 0.25) is 0 Å². The summed E-state index contributed by atoms with van der Waals surface area (Å²) >= 11 is 1.69. The van der Waals surface area contributed by atoms with Gasteiger partial charge in [0.15, 0.2) is 11.5 Å². The number of nitrogens with one attached hydrogen (secondary N) is 1. The largest absolute Gasteiger partial charge is 0.454 e. The van der Waals surface area contributed by atoms with Crippen LogP contribution in [0.25, 0.3) is 11.1 Å². The summed E-state index contributed by atoms with van der Waals surface area (Å²) in [6.07, 6.45) is 1.13. The Balaban J connectivity index is 1.26. The van der Waals surface area contributed by atoms with Gasteiger partial charge in [-0.25, -0.2) is 0 Å². The number of hydrogen-bond acceptors (Lipinski definition) is 4. The van der Waals surface area contributed by atoms with Crippen LogP contribution in [0.4, 0.5) is 0 Å². The Morgan fingerprint density at radius 2 is 1.77 bits per heavy atom. The number of aryl methyl sites for hydroxylation is 1. The molecule has 0 atom stereocenters. The van der Waals surface area contributed by atoms with Crippen molar-refractivity contribution >= 4 is 17.2 Å². The van der Waals surface area contributed by atoms with E-state index in [0.29, 0.717) is 19.4 Å². The topological polar surface area (TPSA) is 47.6 Å². The number of fused-ring (bicyclic) bond motifs is 1. The number of ether oxygens (including phenoxy) is 2. The maximum Gasteiger partial charge on any atom is 0.231 e. The molecule has 0 bridgehead atoms. The first-order valence-corrected chi connectivity index (χ1v) is 9.49. The Kier molecular flexibility index (Phi) is 4.88. The van der Waals surface area contributed by atoms with Gasteiger partial charge in [0, 0.05) is 13.0 Å². The second-order valence-electron chi connectivity index (χ2n) is 6.17. The number of thiophene rings is 1. The minimum atomic E-state index is 0.0459. The van der Waals surface area contributed by atoms with E-state index < -0.39 is 0 Å². The molecule has 1 aromatic heterocycles. The van der Waals surface area contributed by atoms with Gasteiger partial charge < -0.3 is 14.8 Å². The standard InChI is InChI=1S/C21H19NO3S/c23-21(8-4-15-3-7-19-20(11-15)25-14-24-19)22-12-16-1-5-17(6-2-16)18-9-10-26-13-18/h1-3,5-7,9-11,13H,4,8,12,14H2,(H,22,23). The minimum Gasteiger partial charge on any atom is -0.454 e. The van der Waals surface area contributed by atoms with E-state index in [2.05, 4.69) is 46.4 Å². The number of amides is 1. The molecule has 0 unspecified atom stereocenters. The molecule has 5 heteroatoms. The summed E-state index contributed by atoms with van der Waals surface area (Å²) in [5.41, 5.74) is 4.60. The van der Waals surface area contributed by atoms with E-state index in [4.69, 9.17) is 9.47 Å². The normalized spacial score (nSPS) is 12.2. The average molecular weight is 365 g/mol. The SMILES string of the molecule is O=C(CCc1ccc2c(c1)OCO2)NCc1ccc(-c2ccsc2)cc1. The van der Waals surface area contributed by atoms with Gasteiger partial charge in [-0.2, -0.15) is 11.3 Å². The van der Waals surface area contributed by atoms with Crippen molar-refractivity contribution in [3.63, 3.8) is 0 Å². The van der Waals surface area contributed by atoms with Crippen LogP contribution < -0.4 is 14.8 Å². The minimum absolute atomic E-state index is 0.0459. The molecule has 4 nitrogen and oxygen atoms in total. The number of carbonyl (C=O) groups is 1. The summed E-state index contributed by atoms with van der Waals surface area (Å²) in [4.78, 5) is 12.1. The molecule has 0 saturated heterocycles. The second kappa shape index (κ2) is 7.62. The van der Waals surface area contributed by atoms with Gasteiger partial charge in [0.1, 0.15) is 0 Å². The Morgan fingerprint density at radius 3 is 2.58 bits per heavy atom. The molecule has 2 heterocycles. The van der Waals surface area contributed by atoms with Crippen molar-refractivity contribution < 1.29 is 14.3 Å². The van der Waals surface area contributed by atoms with Gasteiger partial charge in [-0.1, -0.05) is 30.3 Å². The first-order valence-electron chi connectivity index (χ1n) is 8.55. The highest BCUT2D eigenvalue weighted by molar-refractivity contribution is 7.08. The molecule has 1 N–H and O–H groups in total. The molecular formula is C21H19NO3S. The van der Waals surface area contributed by atoms with Crippen molar-refractivity contribution in [2.75, 3.05) is 6.79 Å².